The summed E-state index contributed by atoms with van der Waals surface area (Å²) in [6.07, 6.45) is 0. The summed E-state index contributed by atoms with van der Waals surface area (Å²) in [4.78, 5) is 9.16. The summed E-state index contributed by atoms with van der Waals surface area (Å²) in [5.41, 5.74) is -1.59. The summed E-state index contributed by atoms with van der Waals surface area (Å²) >= 11 is 0. The second-order valence-electron chi connectivity index (χ2n) is 2.91. The minimum absolute atomic E-state index is 0.157. The second kappa shape index (κ2) is 4.67. The van der Waals surface area contributed by atoms with E-state index in [1.54, 1.807) is 0 Å². The standard InChI is InChI=1S/C8H5ClN2O5S/c9-17(15,16)7-2-1-5(4-12)8(11(13)14)6(7)3-10/h1-2,12H,4H2. The molecule has 0 heterocycles. The normalized spacial score (nSPS) is 10.9. The van der Waals surface area contributed by atoms with Crippen LogP contribution in [-0.2, 0) is 15.7 Å². The van der Waals surface area contributed by atoms with Crippen molar-refractivity contribution in [3.05, 3.63) is 33.4 Å². The number of nitro groups is 1. The third kappa shape index (κ3) is 2.52. The molecule has 0 aliphatic carbocycles. The zero-order valence-electron chi connectivity index (χ0n) is 8.12. The lowest BCUT2D eigenvalue weighted by atomic mass is 10.1. The van der Waals surface area contributed by atoms with E-state index in [9.17, 15) is 18.5 Å². The Labute approximate surface area is 100 Å². The SMILES string of the molecule is N#Cc1c(S(=O)(=O)Cl)ccc(CO)c1[N+](=O)[O-]. The minimum Gasteiger partial charge on any atom is -0.391 e. The smallest absolute Gasteiger partial charge is 0.293 e. The second-order valence-corrected chi connectivity index (χ2v) is 5.45. The van der Waals surface area contributed by atoms with Gasteiger partial charge in [0.2, 0.25) is 0 Å². The van der Waals surface area contributed by atoms with Gasteiger partial charge < -0.3 is 5.11 Å². The molecule has 0 unspecified atom stereocenters. The molecule has 17 heavy (non-hydrogen) atoms. The van der Waals surface area contributed by atoms with E-state index in [-0.39, 0.29) is 5.56 Å². The van der Waals surface area contributed by atoms with Gasteiger partial charge in [-0.25, -0.2) is 8.42 Å². The summed E-state index contributed by atoms with van der Waals surface area (Å²) in [5.74, 6) is 0. The van der Waals surface area contributed by atoms with E-state index in [0.717, 1.165) is 12.1 Å². The first-order valence-electron chi connectivity index (χ1n) is 4.08. The number of hydrogen-bond donors (Lipinski definition) is 1. The van der Waals surface area contributed by atoms with Crippen LogP contribution in [0.15, 0.2) is 17.0 Å². The average Bonchev–Trinajstić information content (AvgIpc) is 2.25. The molecule has 1 aromatic rings. The molecule has 0 saturated carbocycles. The van der Waals surface area contributed by atoms with E-state index in [1.165, 1.54) is 6.07 Å². The molecule has 0 aliphatic rings. The van der Waals surface area contributed by atoms with Gasteiger partial charge in [-0.15, -0.1) is 0 Å². The number of hydrogen-bond acceptors (Lipinski definition) is 6. The van der Waals surface area contributed by atoms with Gasteiger partial charge in [0.25, 0.3) is 14.7 Å². The van der Waals surface area contributed by atoms with Crippen LogP contribution >= 0.6 is 10.7 Å². The van der Waals surface area contributed by atoms with Crippen LogP contribution in [0, 0.1) is 21.4 Å². The van der Waals surface area contributed by atoms with Gasteiger partial charge in [-0.2, -0.15) is 5.26 Å². The van der Waals surface area contributed by atoms with E-state index in [1.807, 2.05) is 0 Å². The average molecular weight is 277 g/mol. The predicted molar refractivity (Wildman–Crippen MR) is 56.8 cm³/mol. The molecule has 1 rings (SSSR count). The fourth-order valence-corrected chi connectivity index (χ4v) is 2.27. The van der Waals surface area contributed by atoms with Crippen molar-refractivity contribution in [1.82, 2.24) is 0 Å². The number of nitro benzene ring substituents is 1. The van der Waals surface area contributed by atoms with Gasteiger partial charge >= 0.3 is 0 Å². The van der Waals surface area contributed by atoms with Crippen molar-refractivity contribution in [3.8, 4) is 6.07 Å². The molecule has 90 valence electrons. The molecule has 1 N–H and O–H groups in total. The van der Waals surface area contributed by atoms with Crippen LogP contribution in [0.2, 0.25) is 0 Å². The molecule has 0 aliphatic heterocycles. The molecular formula is C8H5ClN2O5S. The van der Waals surface area contributed by atoms with Crippen LogP contribution < -0.4 is 0 Å². The first-order valence-corrected chi connectivity index (χ1v) is 6.39. The van der Waals surface area contributed by atoms with E-state index in [4.69, 9.17) is 21.1 Å². The number of halogens is 1. The van der Waals surface area contributed by atoms with Crippen molar-refractivity contribution in [3.63, 3.8) is 0 Å². The lowest BCUT2D eigenvalue weighted by molar-refractivity contribution is -0.386. The van der Waals surface area contributed by atoms with Gasteiger partial charge in [0, 0.05) is 10.7 Å². The topological polar surface area (TPSA) is 121 Å². The van der Waals surface area contributed by atoms with Crippen LogP contribution in [-0.4, -0.2) is 18.4 Å². The van der Waals surface area contributed by atoms with Gasteiger partial charge in [0.15, 0.2) is 0 Å². The van der Waals surface area contributed by atoms with E-state index in [0.29, 0.717) is 0 Å². The van der Waals surface area contributed by atoms with Crippen LogP contribution in [0.1, 0.15) is 11.1 Å². The maximum Gasteiger partial charge on any atom is 0.293 e. The number of nitriles is 1. The zero-order chi connectivity index (χ0) is 13.2. The van der Waals surface area contributed by atoms with Crippen LogP contribution in [0.4, 0.5) is 5.69 Å². The number of rotatable bonds is 3. The van der Waals surface area contributed by atoms with Crippen molar-refractivity contribution < 1.29 is 18.4 Å². The van der Waals surface area contributed by atoms with Crippen molar-refractivity contribution in [2.24, 2.45) is 0 Å². The quantitative estimate of drug-likeness (QED) is 0.497. The molecule has 0 fully saturated rings. The summed E-state index contributed by atoms with van der Waals surface area (Å²) in [6.45, 7) is -0.687. The fourth-order valence-electron chi connectivity index (χ4n) is 1.26. The Balaban J connectivity index is 3.79. The predicted octanol–water partition coefficient (Wildman–Crippen LogP) is 0.886. The number of nitrogens with zero attached hydrogens (tertiary/aromatic N) is 2. The van der Waals surface area contributed by atoms with E-state index in [2.05, 4.69) is 0 Å². The molecular weight excluding hydrogens is 272 g/mol. The highest BCUT2D eigenvalue weighted by Crippen LogP contribution is 2.30. The monoisotopic (exact) mass is 276 g/mol. The Bertz CT molecular complexity index is 620. The third-order valence-electron chi connectivity index (χ3n) is 1.95. The molecule has 7 nitrogen and oxygen atoms in total. The van der Waals surface area contributed by atoms with Crippen LogP contribution in [0.5, 0.6) is 0 Å². The van der Waals surface area contributed by atoms with E-state index >= 15 is 0 Å². The Morgan fingerprint density at radius 1 is 1.53 bits per heavy atom. The molecule has 0 radical (unpaired) electrons. The summed E-state index contributed by atoms with van der Waals surface area (Å²) in [7, 11) is 0.788. The summed E-state index contributed by atoms with van der Waals surface area (Å²) in [5, 5.41) is 28.4. The van der Waals surface area contributed by atoms with Crippen molar-refractivity contribution in [1.29, 1.82) is 5.26 Å². The fraction of sp³-hybridized carbons (Fsp3) is 0.125. The van der Waals surface area contributed by atoms with E-state index < -0.39 is 36.7 Å². The minimum atomic E-state index is -4.26. The summed E-state index contributed by atoms with van der Waals surface area (Å²) < 4.78 is 22.2. The molecule has 9 heteroatoms. The maximum absolute atomic E-state index is 11.1. The molecule has 0 bridgehead atoms. The Morgan fingerprint density at radius 3 is 2.47 bits per heavy atom. The largest absolute Gasteiger partial charge is 0.391 e. The van der Waals surface area contributed by atoms with Crippen molar-refractivity contribution >= 4 is 25.4 Å². The highest BCUT2D eigenvalue weighted by Gasteiger charge is 2.27. The van der Waals surface area contributed by atoms with Gasteiger partial charge in [-0.05, 0) is 12.1 Å². The lowest BCUT2D eigenvalue weighted by Gasteiger charge is -2.04. The molecule has 0 saturated heterocycles. The third-order valence-corrected chi connectivity index (χ3v) is 3.31. The molecule has 0 aromatic heterocycles. The maximum atomic E-state index is 11.1. The highest BCUT2D eigenvalue weighted by molar-refractivity contribution is 8.13. The molecule has 1 aromatic carbocycles. The summed E-state index contributed by atoms with van der Waals surface area (Å²) in [6, 6.07) is 3.39. The lowest BCUT2D eigenvalue weighted by Crippen LogP contribution is -2.04. The number of benzene rings is 1. The Morgan fingerprint density at radius 2 is 2.12 bits per heavy atom. The van der Waals surface area contributed by atoms with Gasteiger partial charge in [-0.3, -0.25) is 10.1 Å². The highest BCUT2D eigenvalue weighted by atomic mass is 35.7. The van der Waals surface area contributed by atoms with Crippen LogP contribution in [0.3, 0.4) is 0 Å². The number of aliphatic hydroxyl groups is 1. The van der Waals surface area contributed by atoms with Gasteiger partial charge in [-0.1, -0.05) is 0 Å². The Kier molecular flexibility index (Phi) is 3.67. The first-order chi connectivity index (χ1) is 7.82. The molecule has 0 atom stereocenters. The molecule has 0 spiro atoms. The van der Waals surface area contributed by atoms with Gasteiger partial charge in [0.05, 0.1) is 17.1 Å². The van der Waals surface area contributed by atoms with Crippen molar-refractivity contribution in [2.75, 3.05) is 0 Å². The zero-order valence-corrected chi connectivity index (χ0v) is 9.70. The van der Waals surface area contributed by atoms with Crippen LogP contribution in [0.25, 0.3) is 0 Å². The van der Waals surface area contributed by atoms with Gasteiger partial charge in [0.1, 0.15) is 16.5 Å². The first kappa shape index (κ1) is 13.4. The molecule has 0 amide bonds. The van der Waals surface area contributed by atoms with Crippen molar-refractivity contribution in [2.45, 2.75) is 11.5 Å². The number of aliphatic hydroxyl groups excluding tert-OH is 1. The Hall–Kier alpha value is -1.69.